The van der Waals surface area contributed by atoms with Crippen LogP contribution in [0, 0.1) is 0 Å². The molecular formula is C12H23N3O2S. The first-order valence-electron chi connectivity index (χ1n) is 6.31. The van der Waals surface area contributed by atoms with Gasteiger partial charge in [-0.2, -0.15) is 0 Å². The fourth-order valence-corrected chi connectivity index (χ4v) is 2.79. The molecular weight excluding hydrogens is 250 g/mol. The first kappa shape index (κ1) is 15.3. The molecule has 0 radical (unpaired) electrons. The minimum Gasteiger partial charge on any atom is -0.383 e. The van der Waals surface area contributed by atoms with Crippen LogP contribution in [0.3, 0.4) is 0 Å². The number of carbonyl (C=O) groups excluding carboxylic acids is 1. The van der Waals surface area contributed by atoms with Crippen molar-refractivity contribution in [2.75, 3.05) is 32.6 Å². The van der Waals surface area contributed by atoms with Crippen LogP contribution in [0.1, 0.15) is 26.7 Å². The lowest BCUT2D eigenvalue weighted by Crippen LogP contribution is -2.48. The molecule has 0 aliphatic carbocycles. The fraction of sp³-hybridized carbons (Fsp3) is 0.833. The molecule has 0 aromatic rings. The summed E-state index contributed by atoms with van der Waals surface area (Å²) in [4.78, 5) is 15.8. The number of nitrogens with one attached hydrogen (secondary N) is 2. The number of nitrogens with zero attached hydrogens (tertiary/aromatic N) is 1. The Hall–Kier alpha value is -0.750. The van der Waals surface area contributed by atoms with Crippen molar-refractivity contribution in [2.24, 2.45) is 4.99 Å². The summed E-state index contributed by atoms with van der Waals surface area (Å²) in [5, 5.41) is 7.04. The van der Waals surface area contributed by atoms with Crippen LogP contribution in [0.4, 0.5) is 0 Å². The average molecular weight is 273 g/mol. The predicted octanol–water partition coefficient (Wildman–Crippen LogP) is 1.00. The third-order valence-electron chi connectivity index (χ3n) is 3.08. The maximum absolute atomic E-state index is 11.5. The molecule has 1 saturated heterocycles. The number of hydrogen-bond acceptors (Lipinski definition) is 4. The molecule has 1 rings (SSSR count). The lowest BCUT2D eigenvalue weighted by atomic mass is 9.96. The maximum atomic E-state index is 11.5. The summed E-state index contributed by atoms with van der Waals surface area (Å²) >= 11 is 1.69. The molecule has 6 heteroatoms. The minimum atomic E-state index is -0.0641. The zero-order chi connectivity index (χ0) is 13.4. The summed E-state index contributed by atoms with van der Waals surface area (Å²) < 4.78 is 4.86. The number of rotatable bonds is 6. The van der Waals surface area contributed by atoms with E-state index >= 15 is 0 Å². The van der Waals surface area contributed by atoms with E-state index in [4.69, 9.17) is 4.74 Å². The zero-order valence-corrected chi connectivity index (χ0v) is 12.2. The molecule has 2 N–H and O–H groups in total. The monoisotopic (exact) mass is 273 g/mol. The number of amides is 1. The molecule has 0 bridgehead atoms. The summed E-state index contributed by atoms with van der Waals surface area (Å²) in [6.07, 6.45) is 2.19. The molecule has 0 spiro atoms. The van der Waals surface area contributed by atoms with E-state index in [1.54, 1.807) is 18.9 Å². The summed E-state index contributed by atoms with van der Waals surface area (Å²) in [5.41, 5.74) is 0.122. The van der Waals surface area contributed by atoms with Crippen molar-refractivity contribution in [1.29, 1.82) is 0 Å². The van der Waals surface area contributed by atoms with Crippen LogP contribution in [-0.2, 0) is 9.53 Å². The Bertz CT molecular complexity index is 310. The Balaban J connectivity index is 2.35. The van der Waals surface area contributed by atoms with Gasteiger partial charge in [-0.05, 0) is 19.8 Å². The van der Waals surface area contributed by atoms with Crippen LogP contribution in [0.2, 0.25) is 0 Å². The molecule has 0 aromatic carbocycles. The number of ether oxygens (including phenoxy) is 1. The van der Waals surface area contributed by atoms with Gasteiger partial charge < -0.3 is 15.4 Å². The van der Waals surface area contributed by atoms with E-state index in [1.807, 2.05) is 0 Å². The van der Waals surface area contributed by atoms with Crippen molar-refractivity contribution >= 4 is 22.8 Å². The number of carbonyl (C=O) groups is 1. The molecule has 1 heterocycles. The van der Waals surface area contributed by atoms with E-state index in [0.717, 1.165) is 23.8 Å². The molecule has 5 nitrogen and oxygen atoms in total. The second-order valence-electron chi connectivity index (χ2n) is 4.60. The van der Waals surface area contributed by atoms with Crippen molar-refractivity contribution in [3.63, 3.8) is 0 Å². The normalized spacial score (nSPS) is 25.8. The lowest BCUT2D eigenvalue weighted by Gasteiger charge is -2.35. The molecule has 1 aliphatic heterocycles. The van der Waals surface area contributed by atoms with Crippen LogP contribution in [0.15, 0.2) is 4.99 Å². The van der Waals surface area contributed by atoms with Gasteiger partial charge in [-0.1, -0.05) is 18.7 Å². The number of thioether (sulfide) groups is 1. The average Bonchev–Trinajstić information content (AvgIpc) is 2.37. The second kappa shape index (κ2) is 7.63. The van der Waals surface area contributed by atoms with Gasteiger partial charge in [0, 0.05) is 24.9 Å². The van der Waals surface area contributed by atoms with Crippen LogP contribution in [-0.4, -0.2) is 49.2 Å². The second-order valence-corrected chi connectivity index (χ2v) is 5.69. The van der Waals surface area contributed by atoms with E-state index in [-0.39, 0.29) is 18.0 Å². The first-order chi connectivity index (χ1) is 8.59. The standard InChI is InChI=1S/C12H23N3O2S/c1-4-12(2)5-8-18-11(15-12)14-9-10(16)13-6-7-17-3/h4-9H2,1-3H3,(H,13,16)(H,14,15). The summed E-state index contributed by atoms with van der Waals surface area (Å²) in [6.45, 7) is 5.61. The molecule has 1 amide bonds. The highest BCUT2D eigenvalue weighted by atomic mass is 32.2. The van der Waals surface area contributed by atoms with Gasteiger partial charge in [-0.15, -0.1) is 0 Å². The predicted molar refractivity (Wildman–Crippen MR) is 76.1 cm³/mol. The topological polar surface area (TPSA) is 62.7 Å². The van der Waals surface area contributed by atoms with Gasteiger partial charge >= 0.3 is 0 Å². The SMILES string of the molecule is CCC1(C)CCSC(=NCC(=O)NCCOC)N1. The van der Waals surface area contributed by atoms with Crippen molar-refractivity contribution < 1.29 is 9.53 Å². The molecule has 104 valence electrons. The third kappa shape index (κ3) is 5.27. The Morgan fingerprint density at radius 2 is 2.44 bits per heavy atom. The van der Waals surface area contributed by atoms with Crippen LogP contribution in [0.5, 0.6) is 0 Å². The molecule has 1 atom stereocenters. The quantitative estimate of drug-likeness (QED) is 0.709. The number of amidine groups is 1. The van der Waals surface area contributed by atoms with E-state index in [0.29, 0.717) is 13.2 Å². The van der Waals surface area contributed by atoms with Crippen molar-refractivity contribution in [2.45, 2.75) is 32.2 Å². The van der Waals surface area contributed by atoms with E-state index in [2.05, 4.69) is 29.5 Å². The molecule has 0 aromatic heterocycles. The lowest BCUT2D eigenvalue weighted by molar-refractivity contribution is -0.119. The van der Waals surface area contributed by atoms with Crippen LogP contribution < -0.4 is 10.6 Å². The van der Waals surface area contributed by atoms with E-state index < -0.39 is 0 Å². The smallest absolute Gasteiger partial charge is 0.241 e. The first-order valence-corrected chi connectivity index (χ1v) is 7.29. The van der Waals surface area contributed by atoms with Crippen molar-refractivity contribution in [3.05, 3.63) is 0 Å². The highest BCUT2D eigenvalue weighted by Crippen LogP contribution is 2.24. The van der Waals surface area contributed by atoms with Crippen molar-refractivity contribution in [1.82, 2.24) is 10.6 Å². The summed E-state index contributed by atoms with van der Waals surface area (Å²) in [6, 6.07) is 0. The zero-order valence-electron chi connectivity index (χ0n) is 11.4. The minimum absolute atomic E-state index is 0.0641. The highest BCUT2D eigenvalue weighted by molar-refractivity contribution is 8.13. The van der Waals surface area contributed by atoms with Gasteiger partial charge in [0.05, 0.1) is 6.61 Å². The molecule has 1 aliphatic rings. The van der Waals surface area contributed by atoms with E-state index in [1.165, 1.54) is 0 Å². The van der Waals surface area contributed by atoms with Gasteiger partial charge in [0.2, 0.25) is 5.91 Å². The Labute approximate surface area is 113 Å². The molecule has 0 saturated carbocycles. The number of aliphatic imine (C=N–C) groups is 1. The summed E-state index contributed by atoms with van der Waals surface area (Å²) in [7, 11) is 1.61. The van der Waals surface area contributed by atoms with Crippen LogP contribution >= 0.6 is 11.8 Å². The van der Waals surface area contributed by atoms with Gasteiger partial charge in [0.1, 0.15) is 6.54 Å². The summed E-state index contributed by atoms with van der Waals surface area (Å²) in [5.74, 6) is 0.993. The fourth-order valence-electron chi connectivity index (χ4n) is 1.57. The Morgan fingerprint density at radius 3 is 3.11 bits per heavy atom. The van der Waals surface area contributed by atoms with Crippen LogP contribution in [0.25, 0.3) is 0 Å². The number of methoxy groups -OCH3 is 1. The maximum Gasteiger partial charge on any atom is 0.241 e. The molecule has 18 heavy (non-hydrogen) atoms. The largest absolute Gasteiger partial charge is 0.383 e. The van der Waals surface area contributed by atoms with Gasteiger partial charge in [0.25, 0.3) is 0 Å². The highest BCUT2D eigenvalue weighted by Gasteiger charge is 2.27. The van der Waals surface area contributed by atoms with E-state index in [9.17, 15) is 4.79 Å². The Kier molecular flexibility index (Phi) is 6.49. The number of hydrogen-bond donors (Lipinski definition) is 2. The van der Waals surface area contributed by atoms with Gasteiger partial charge in [-0.3, -0.25) is 9.79 Å². The molecule has 1 unspecified atom stereocenters. The third-order valence-corrected chi connectivity index (χ3v) is 3.99. The van der Waals surface area contributed by atoms with Gasteiger partial charge in [0.15, 0.2) is 5.17 Å². The Morgan fingerprint density at radius 1 is 1.67 bits per heavy atom. The molecule has 1 fully saturated rings. The van der Waals surface area contributed by atoms with Crippen molar-refractivity contribution in [3.8, 4) is 0 Å². The van der Waals surface area contributed by atoms with Gasteiger partial charge in [-0.25, -0.2) is 0 Å².